The van der Waals surface area contributed by atoms with E-state index in [1.807, 2.05) is 19.1 Å². The number of aromatic nitrogens is 1. The molecule has 2 N–H and O–H groups in total. The first-order valence-corrected chi connectivity index (χ1v) is 5.87. The molecule has 98 valence electrons. The van der Waals surface area contributed by atoms with Crippen LogP contribution in [0.5, 0.6) is 0 Å². The standard InChI is InChI=1S/C13H18N2O3/c1-8(9(2)13(17)18)12(16)15-10(3)11-6-4-5-7-14-11/h4-10H,1-3H3,(H,15,16)(H,17,18)/t8?,9?,10-/m0/s1. The number of aliphatic carboxylic acids is 1. The molecule has 18 heavy (non-hydrogen) atoms. The van der Waals surface area contributed by atoms with Crippen LogP contribution in [0.25, 0.3) is 0 Å². The summed E-state index contributed by atoms with van der Waals surface area (Å²) in [7, 11) is 0. The van der Waals surface area contributed by atoms with Crippen LogP contribution >= 0.6 is 0 Å². The Morgan fingerprint density at radius 3 is 2.39 bits per heavy atom. The Morgan fingerprint density at radius 1 is 1.22 bits per heavy atom. The average Bonchev–Trinajstić information content (AvgIpc) is 2.37. The predicted octanol–water partition coefficient (Wildman–Crippen LogP) is 1.62. The quantitative estimate of drug-likeness (QED) is 0.832. The highest BCUT2D eigenvalue weighted by Gasteiger charge is 2.26. The van der Waals surface area contributed by atoms with Crippen LogP contribution in [0.1, 0.15) is 32.5 Å². The molecule has 0 aromatic carbocycles. The maximum absolute atomic E-state index is 11.9. The molecule has 0 bridgehead atoms. The third-order valence-corrected chi connectivity index (χ3v) is 3.04. The van der Waals surface area contributed by atoms with E-state index >= 15 is 0 Å². The molecule has 1 heterocycles. The molecular formula is C13H18N2O3. The number of pyridine rings is 1. The lowest BCUT2D eigenvalue weighted by molar-refractivity contribution is -0.146. The fraction of sp³-hybridized carbons (Fsp3) is 0.462. The van der Waals surface area contributed by atoms with E-state index in [0.717, 1.165) is 5.69 Å². The second kappa shape index (κ2) is 6.14. The summed E-state index contributed by atoms with van der Waals surface area (Å²) in [5.74, 6) is -2.53. The summed E-state index contributed by atoms with van der Waals surface area (Å²) in [6, 6.07) is 5.22. The highest BCUT2D eigenvalue weighted by atomic mass is 16.4. The van der Waals surface area contributed by atoms with E-state index in [9.17, 15) is 9.59 Å². The smallest absolute Gasteiger partial charge is 0.307 e. The minimum atomic E-state index is -0.969. The first-order valence-electron chi connectivity index (χ1n) is 5.87. The van der Waals surface area contributed by atoms with Gasteiger partial charge in [0.05, 0.1) is 17.7 Å². The normalized spacial score (nSPS) is 15.5. The second-order valence-electron chi connectivity index (χ2n) is 4.40. The zero-order valence-electron chi connectivity index (χ0n) is 10.8. The van der Waals surface area contributed by atoms with Crippen molar-refractivity contribution in [2.45, 2.75) is 26.8 Å². The number of hydrogen-bond donors (Lipinski definition) is 2. The fourth-order valence-electron chi connectivity index (χ4n) is 1.49. The summed E-state index contributed by atoms with van der Waals surface area (Å²) in [4.78, 5) is 26.8. The van der Waals surface area contributed by atoms with Gasteiger partial charge in [-0.3, -0.25) is 14.6 Å². The summed E-state index contributed by atoms with van der Waals surface area (Å²) in [6.07, 6.45) is 1.65. The van der Waals surface area contributed by atoms with Gasteiger partial charge >= 0.3 is 5.97 Å². The molecule has 3 atom stereocenters. The molecule has 0 radical (unpaired) electrons. The van der Waals surface area contributed by atoms with Crippen molar-refractivity contribution in [3.63, 3.8) is 0 Å². The number of nitrogens with zero attached hydrogens (tertiary/aromatic N) is 1. The number of carbonyl (C=O) groups excluding carboxylic acids is 1. The van der Waals surface area contributed by atoms with Crippen molar-refractivity contribution in [2.24, 2.45) is 11.8 Å². The molecule has 2 unspecified atom stereocenters. The van der Waals surface area contributed by atoms with E-state index in [0.29, 0.717) is 0 Å². The van der Waals surface area contributed by atoms with Crippen LogP contribution < -0.4 is 5.32 Å². The van der Waals surface area contributed by atoms with Crippen LogP contribution in [0.2, 0.25) is 0 Å². The number of carboxylic acid groups (broad SMARTS) is 1. The Balaban J connectivity index is 2.62. The molecule has 0 saturated carbocycles. The Kier molecular flexibility index (Phi) is 4.83. The van der Waals surface area contributed by atoms with Crippen molar-refractivity contribution in [1.82, 2.24) is 10.3 Å². The Morgan fingerprint density at radius 2 is 1.89 bits per heavy atom. The third-order valence-electron chi connectivity index (χ3n) is 3.04. The maximum Gasteiger partial charge on any atom is 0.307 e. The van der Waals surface area contributed by atoms with Gasteiger partial charge in [-0.1, -0.05) is 19.9 Å². The average molecular weight is 250 g/mol. The number of carboxylic acids is 1. The lowest BCUT2D eigenvalue weighted by atomic mass is 9.95. The van der Waals surface area contributed by atoms with E-state index in [-0.39, 0.29) is 11.9 Å². The topological polar surface area (TPSA) is 79.3 Å². The lowest BCUT2D eigenvalue weighted by Crippen LogP contribution is -2.36. The third kappa shape index (κ3) is 3.55. The van der Waals surface area contributed by atoms with Gasteiger partial charge in [0.1, 0.15) is 0 Å². The molecule has 1 aromatic heterocycles. The molecule has 0 aliphatic carbocycles. The maximum atomic E-state index is 11.9. The predicted molar refractivity (Wildman–Crippen MR) is 66.8 cm³/mol. The summed E-state index contributed by atoms with van der Waals surface area (Å²) in [5, 5.41) is 11.6. The zero-order chi connectivity index (χ0) is 13.7. The van der Waals surface area contributed by atoms with E-state index in [4.69, 9.17) is 5.11 Å². The van der Waals surface area contributed by atoms with Crippen LogP contribution in [0, 0.1) is 11.8 Å². The number of carbonyl (C=O) groups is 2. The largest absolute Gasteiger partial charge is 0.481 e. The summed E-state index contributed by atoms with van der Waals surface area (Å²) in [6.45, 7) is 4.95. The van der Waals surface area contributed by atoms with E-state index in [1.165, 1.54) is 6.92 Å². The van der Waals surface area contributed by atoms with Gasteiger partial charge < -0.3 is 10.4 Å². The van der Waals surface area contributed by atoms with Gasteiger partial charge in [-0.05, 0) is 19.1 Å². The molecule has 1 aromatic rings. The summed E-state index contributed by atoms with van der Waals surface area (Å²) < 4.78 is 0. The van der Waals surface area contributed by atoms with Gasteiger partial charge in [0.2, 0.25) is 5.91 Å². The van der Waals surface area contributed by atoms with E-state index in [2.05, 4.69) is 10.3 Å². The first kappa shape index (κ1) is 14.2. The van der Waals surface area contributed by atoms with Crippen molar-refractivity contribution >= 4 is 11.9 Å². The molecule has 5 heteroatoms. The van der Waals surface area contributed by atoms with Crippen molar-refractivity contribution in [3.05, 3.63) is 30.1 Å². The van der Waals surface area contributed by atoms with Gasteiger partial charge in [-0.25, -0.2) is 0 Å². The number of nitrogens with one attached hydrogen (secondary N) is 1. The number of hydrogen-bond acceptors (Lipinski definition) is 3. The Bertz CT molecular complexity index is 420. The molecule has 0 aliphatic rings. The Hall–Kier alpha value is -1.91. The fourth-order valence-corrected chi connectivity index (χ4v) is 1.49. The van der Waals surface area contributed by atoms with Crippen LogP contribution in [0.4, 0.5) is 0 Å². The summed E-state index contributed by atoms with van der Waals surface area (Å²) >= 11 is 0. The molecule has 1 rings (SSSR count). The van der Waals surface area contributed by atoms with Gasteiger partial charge in [0.15, 0.2) is 0 Å². The minimum Gasteiger partial charge on any atom is -0.481 e. The van der Waals surface area contributed by atoms with Crippen molar-refractivity contribution in [1.29, 1.82) is 0 Å². The second-order valence-corrected chi connectivity index (χ2v) is 4.40. The highest BCUT2D eigenvalue weighted by molar-refractivity contribution is 5.84. The van der Waals surface area contributed by atoms with E-state index < -0.39 is 17.8 Å². The molecule has 0 spiro atoms. The van der Waals surface area contributed by atoms with Gasteiger partial charge in [0, 0.05) is 12.1 Å². The molecule has 0 fully saturated rings. The minimum absolute atomic E-state index is 0.234. The van der Waals surface area contributed by atoms with Crippen LogP contribution in [-0.2, 0) is 9.59 Å². The van der Waals surface area contributed by atoms with E-state index in [1.54, 1.807) is 19.2 Å². The monoisotopic (exact) mass is 250 g/mol. The number of amides is 1. The van der Waals surface area contributed by atoms with Crippen LogP contribution in [0.3, 0.4) is 0 Å². The Labute approximate surface area is 106 Å². The van der Waals surface area contributed by atoms with Gasteiger partial charge in [-0.2, -0.15) is 0 Å². The molecule has 5 nitrogen and oxygen atoms in total. The van der Waals surface area contributed by atoms with Crippen LogP contribution in [0.15, 0.2) is 24.4 Å². The number of rotatable bonds is 5. The zero-order valence-corrected chi connectivity index (χ0v) is 10.8. The first-order chi connectivity index (χ1) is 8.43. The van der Waals surface area contributed by atoms with Crippen molar-refractivity contribution in [2.75, 3.05) is 0 Å². The van der Waals surface area contributed by atoms with Crippen LogP contribution in [-0.4, -0.2) is 22.0 Å². The molecule has 0 saturated heterocycles. The van der Waals surface area contributed by atoms with Gasteiger partial charge in [0.25, 0.3) is 0 Å². The SMILES string of the molecule is CC(C(=O)O)C(C)C(=O)N[C@@H](C)c1ccccn1. The van der Waals surface area contributed by atoms with Gasteiger partial charge in [-0.15, -0.1) is 0 Å². The van der Waals surface area contributed by atoms with Crippen molar-refractivity contribution < 1.29 is 14.7 Å². The summed E-state index contributed by atoms with van der Waals surface area (Å²) in [5.41, 5.74) is 0.751. The molecule has 0 aliphatic heterocycles. The lowest BCUT2D eigenvalue weighted by Gasteiger charge is -2.19. The highest BCUT2D eigenvalue weighted by Crippen LogP contribution is 2.14. The molecular weight excluding hydrogens is 232 g/mol. The molecule has 1 amide bonds. The van der Waals surface area contributed by atoms with Crippen molar-refractivity contribution in [3.8, 4) is 0 Å².